The number of anilines is 1. The zero-order valence-corrected chi connectivity index (χ0v) is 15.3. The molecule has 1 N–H and O–H groups in total. The van der Waals surface area contributed by atoms with Crippen molar-refractivity contribution >= 4 is 11.9 Å². The predicted octanol–water partition coefficient (Wildman–Crippen LogP) is 4.13. The first kappa shape index (κ1) is 18.7. The molecule has 148 valence electrons. The second kappa shape index (κ2) is 6.76. The molecule has 5 nitrogen and oxygen atoms in total. The highest BCUT2D eigenvalue weighted by atomic mass is 19.4. The van der Waals surface area contributed by atoms with E-state index in [-0.39, 0.29) is 23.3 Å². The van der Waals surface area contributed by atoms with Gasteiger partial charge in [0.05, 0.1) is 16.8 Å². The highest BCUT2D eigenvalue weighted by molar-refractivity contribution is 5.88. The van der Waals surface area contributed by atoms with Crippen molar-refractivity contribution in [2.24, 2.45) is 11.8 Å². The Balaban J connectivity index is 1.49. The van der Waals surface area contributed by atoms with Crippen molar-refractivity contribution in [3.8, 4) is 0 Å². The van der Waals surface area contributed by atoms with Crippen LogP contribution in [0.3, 0.4) is 0 Å². The van der Waals surface area contributed by atoms with Crippen LogP contribution >= 0.6 is 0 Å². The Labute approximate surface area is 160 Å². The van der Waals surface area contributed by atoms with Crippen molar-refractivity contribution in [2.75, 3.05) is 18.0 Å². The lowest BCUT2D eigenvalue weighted by Gasteiger charge is -2.21. The first-order chi connectivity index (χ1) is 13.2. The van der Waals surface area contributed by atoms with Crippen LogP contribution in [0, 0.1) is 18.8 Å². The molecule has 0 bridgehead atoms. The van der Waals surface area contributed by atoms with Gasteiger partial charge in [0.2, 0.25) is 5.95 Å². The zero-order chi connectivity index (χ0) is 20.1. The molecule has 4 rings (SSSR count). The second-order valence-corrected chi connectivity index (χ2v) is 7.65. The minimum atomic E-state index is -4.34. The molecule has 8 heteroatoms. The number of nitrogens with zero attached hydrogens (tertiary/aromatic N) is 3. The molecule has 3 atom stereocenters. The van der Waals surface area contributed by atoms with Crippen LogP contribution in [-0.2, 0) is 6.18 Å². The maximum Gasteiger partial charge on any atom is 0.416 e. The van der Waals surface area contributed by atoms with Gasteiger partial charge in [0, 0.05) is 19.3 Å². The van der Waals surface area contributed by atoms with Crippen molar-refractivity contribution in [1.82, 2.24) is 9.97 Å². The van der Waals surface area contributed by atoms with Gasteiger partial charge in [-0.1, -0.05) is 18.2 Å². The van der Waals surface area contributed by atoms with E-state index in [2.05, 4.69) is 9.97 Å². The molecule has 0 amide bonds. The minimum absolute atomic E-state index is 0.0759. The molecule has 2 fully saturated rings. The Morgan fingerprint density at radius 2 is 1.82 bits per heavy atom. The lowest BCUT2D eigenvalue weighted by atomic mass is 9.91. The van der Waals surface area contributed by atoms with Crippen LogP contribution in [0.5, 0.6) is 0 Å². The van der Waals surface area contributed by atoms with Crippen LogP contribution in [0.1, 0.15) is 45.9 Å². The maximum atomic E-state index is 13.3. The lowest BCUT2D eigenvalue weighted by molar-refractivity contribution is -0.138. The van der Waals surface area contributed by atoms with Gasteiger partial charge in [-0.25, -0.2) is 14.8 Å². The predicted molar refractivity (Wildman–Crippen MR) is 96.3 cm³/mol. The van der Waals surface area contributed by atoms with Gasteiger partial charge in [-0.15, -0.1) is 0 Å². The number of carbonyl (C=O) groups is 1. The third kappa shape index (κ3) is 3.31. The van der Waals surface area contributed by atoms with Gasteiger partial charge in [0.15, 0.2) is 0 Å². The summed E-state index contributed by atoms with van der Waals surface area (Å²) in [4.78, 5) is 21.6. The van der Waals surface area contributed by atoms with Gasteiger partial charge in [0.1, 0.15) is 0 Å². The van der Waals surface area contributed by atoms with Crippen LogP contribution in [0.15, 0.2) is 30.5 Å². The zero-order valence-electron chi connectivity index (χ0n) is 15.3. The smallest absolute Gasteiger partial charge is 0.416 e. The molecule has 1 saturated carbocycles. The summed E-state index contributed by atoms with van der Waals surface area (Å²) in [6.45, 7) is 3.00. The summed E-state index contributed by atoms with van der Waals surface area (Å²) in [5, 5.41) is 9.10. The van der Waals surface area contributed by atoms with Crippen molar-refractivity contribution in [3.63, 3.8) is 0 Å². The van der Waals surface area contributed by atoms with E-state index >= 15 is 0 Å². The standard InChI is InChI=1S/C20H20F3N3O2/c1-11-16(18(27)28)8-24-19(25-11)26-9-13-6-12(7-14(13)10-26)15-4-2-3-5-17(15)20(21,22)23/h2-5,8,12-14H,6-7,9-10H2,1H3,(H,27,28)/t12?,13-,14+. The molecule has 28 heavy (non-hydrogen) atoms. The van der Waals surface area contributed by atoms with E-state index in [0.717, 1.165) is 6.07 Å². The third-order valence-electron chi connectivity index (χ3n) is 5.94. The molecule has 1 aliphatic carbocycles. The van der Waals surface area contributed by atoms with E-state index in [1.807, 2.05) is 4.90 Å². The number of hydrogen-bond donors (Lipinski definition) is 1. The highest BCUT2D eigenvalue weighted by Gasteiger charge is 2.44. The molecule has 1 aromatic carbocycles. The molecule has 2 aromatic rings. The molecule has 1 aromatic heterocycles. The topological polar surface area (TPSA) is 66.3 Å². The lowest BCUT2D eigenvalue weighted by Crippen LogP contribution is -2.24. The van der Waals surface area contributed by atoms with Crippen LogP contribution in [-0.4, -0.2) is 34.1 Å². The Bertz CT molecular complexity index is 902. The number of aromatic nitrogens is 2. The number of carboxylic acids is 1. The molecule has 2 aliphatic rings. The van der Waals surface area contributed by atoms with Gasteiger partial charge in [-0.05, 0) is 49.1 Å². The van der Waals surface area contributed by atoms with E-state index in [9.17, 15) is 18.0 Å². The summed E-state index contributed by atoms with van der Waals surface area (Å²) < 4.78 is 40.0. The summed E-state index contributed by atoms with van der Waals surface area (Å²) in [5.74, 6) is -0.0895. The SMILES string of the molecule is Cc1nc(N2C[C@H]3CC(c4ccccc4C(F)(F)F)C[C@H]3C2)ncc1C(=O)O. The number of aromatic carboxylic acids is 1. The van der Waals surface area contributed by atoms with Crippen molar-refractivity contribution in [1.29, 1.82) is 0 Å². The van der Waals surface area contributed by atoms with Crippen molar-refractivity contribution in [3.05, 3.63) is 52.8 Å². The first-order valence-electron chi connectivity index (χ1n) is 9.22. The van der Waals surface area contributed by atoms with E-state index in [1.165, 1.54) is 12.3 Å². The van der Waals surface area contributed by atoms with Crippen LogP contribution < -0.4 is 4.90 Å². The number of carboxylic acid groups (broad SMARTS) is 1. The van der Waals surface area contributed by atoms with Gasteiger partial charge in [-0.2, -0.15) is 13.2 Å². The van der Waals surface area contributed by atoms with E-state index in [4.69, 9.17) is 5.11 Å². The number of aryl methyl sites for hydroxylation is 1. The molecule has 0 radical (unpaired) electrons. The van der Waals surface area contributed by atoms with E-state index in [0.29, 0.717) is 43.1 Å². The van der Waals surface area contributed by atoms with Gasteiger partial charge < -0.3 is 10.0 Å². The fourth-order valence-electron chi connectivity index (χ4n) is 4.65. The summed E-state index contributed by atoms with van der Waals surface area (Å²) in [6.07, 6.45) is -1.60. The monoisotopic (exact) mass is 391 g/mol. The Morgan fingerprint density at radius 3 is 2.39 bits per heavy atom. The van der Waals surface area contributed by atoms with E-state index < -0.39 is 17.7 Å². The van der Waals surface area contributed by atoms with Crippen LogP contribution in [0.25, 0.3) is 0 Å². The fraction of sp³-hybridized carbons (Fsp3) is 0.450. The Morgan fingerprint density at radius 1 is 1.18 bits per heavy atom. The van der Waals surface area contributed by atoms with Crippen LogP contribution in [0.4, 0.5) is 19.1 Å². The van der Waals surface area contributed by atoms with Crippen molar-refractivity contribution in [2.45, 2.75) is 31.9 Å². The molecule has 1 aliphatic heterocycles. The van der Waals surface area contributed by atoms with Gasteiger partial charge in [0.25, 0.3) is 0 Å². The summed E-state index contributed by atoms with van der Waals surface area (Å²) in [6, 6.07) is 5.87. The van der Waals surface area contributed by atoms with Crippen molar-refractivity contribution < 1.29 is 23.1 Å². The van der Waals surface area contributed by atoms with E-state index in [1.54, 1.807) is 19.1 Å². The average molecular weight is 391 g/mol. The maximum absolute atomic E-state index is 13.3. The summed E-state index contributed by atoms with van der Waals surface area (Å²) in [7, 11) is 0. The second-order valence-electron chi connectivity index (χ2n) is 7.65. The normalized spacial score (nSPS) is 24.4. The molecule has 1 unspecified atom stereocenters. The number of rotatable bonds is 3. The molecular weight excluding hydrogens is 371 g/mol. The molecule has 2 heterocycles. The highest BCUT2D eigenvalue weighted by Crippen LogP contribution is 2.49. The number of alkyl halides is 3. The number of hydrogen-bond acceptors (Lipinski definition) is 4. The minimum Gasteiger partial charge on any atom is -0.478 e. The summed E-state index contributed by atoms with van der Waals surface area (Å²) >= 11 is 0. The molecular formula is C20H20F3N3O2. The first-order valence-corrected chi connectivity index (χ1v) is 9.22. The number of fused-ring (bicyclic) bond motifs is 1. The largest absolute Gasteiger partial charge is 0.478 e. The quantitative estimate of drug-likeness (QED) is 0.852. The fourth-order valence-corrected chi connectivity index (χ4v) is 4.65. The Kier molecular flexibility index (Phi) is 4.51. The van der Waals surface area contributed by atoms with Gasteiger partial charge in [-0.3, -0.25) is 0 Å². The average Bonchev–Trinajstić information content (AvgIpc) is 3.19. The summed E-state index contributed by atoms with van der Waals surface area (Å²) in [5.41, 5.74) is 0.354. The number of benzene rings is 1. The Hall–Kier alpha value is -2.64. The third-order valence-corrected chi connectivity index (χ3v) is 5.94. The number of halogens is 3. The molecule has 1 saturated heterocycles. The molecule has 0 spiro atoms. The van der Waals surface area contributed by atoms with Gasteiger partial charge >= 0.3 is 12.1 Å². The van der Waals surface area contributed by atoms with Crippen LogP contribution in [0.2, 0.25) is 0 Å².